The summed E-state index contributed by atoms with van der Waals surface area (Å²) in [6.07, 6.45) is 0. The predicted molar refractivity (Wildman–Crippen MR) is 80.0 cm³/mol. The number of hydrogen-bond donors (Lipinski definition) is 2. The first-order valence-corrected chi connectivity index (χ1v) is 6.43. The Bertz CT molecular complexity index is 686. The Morgan fingerprint density at radius 3 is 2.48 bits per heavy atom. The van der Waals surface area contributed by atoms with Crippen molar-refractivity contribution in [3.05, 3.63) is 65.0 Å². The Labute approximate surface area is 126 Å². The fourth-order valence-corrected chi connectivity index (χ4v) is 1.97. The molecule has 2 rings (SSSR count). The number of carbonyl (C=O) groups is 1. The van der Waals surface area contributed by atoms with Crippen LogP contribution in [0.4, 0.5) is 4.39 Å². The number of ether oxygens (including phenoxy) is 1. The van der Waals surface area contributed by atoms with Gasteiger partial charge in [0.05, 0.1) is 11.1 Å². The molecule has 0 spiro atoms. The Hall–Kier alpha value is -2.47. The first kappa shape index (κ1) is 14.9. The van der Waals surface area contributed by atoms with Gasteiger partial charge in [-0.25, -0.2) is 9.18 Å². The standard InChI is InChI=1S/C15H12FNO3S/c16-11-2-1-3-12(13(11)14(17)21)20-8-9-4-6-10(7-5-9)15(18)19/h1-7H,8H2,(H2,17,21)(H,18,19). The zero-order valence-corrected chi connectivity index (χ0v) is 11.7. The molecule has 2 aromatic carbocycles. The molecule has 6 heteroatoms. The fraction of sp³-hybridized carbons (Fsp3) is 0.0667. The minimum atomic E-state index is -0.997. The summed E-state index contributed by atoms with van der Waals surface area (Å²) in [5.41, 5.74) is 6.48. The van der Waals surface area contributed by atoms with Gasteiger partial charge in [-0.15, -0.1) is 0 Å². The highest BCUT2D eigenvalue weighted by Crippen LogP contribution is 2.22. The van der Waals surface area contributed by atoms with Crippen molar-refractivity contribution in [2.75, 3.05) is 0 Å². The van der Waals surface area contributed by atoms with E-state index in [1.807, 2.05) is 0 Å². The molecule has 21 heavy (non-hydrogen) atoms. The van der Waals surface area contributed by atoms with Gasteiger partial charge in [0.2, 0.25) is 0 Å². The van der Waals surface area contributed by atoms with Crippen molar-refractivity contribution in [3.63, 3.8) is 0 Å². The van der Waals surface area contributed by atoms with Crippen molar-refractivity contribution in [1.82, 2.24) is 0 Å². The zero-order valence-electron chi connectivity index (χ0n) is 10.9. The van der Waals surface area contributed by atoms with Crippen LogP contribution in [0.25, 0.3) is 0 Å². The van der Waals surface area contributed by atoms with Gasteiger partial charge in [-0.1, -0.05) is 30.4 Å². The maximum atomic E-state index is 13.7. The first-order chi connectivity index (χ1) is 9.99. The molecule has 0 radical (unpaired) electrons. The Balaban J connectivity index is 2.15. The lowest BCUT2D eigenvalue weighted by Gasteiger charge is -2.11. The highest BCUT2D eigenvalue weighted by atomic mass is 32.1. The van der Waals surface area contributed by atoms with Crippen LogP contribution in [0.2, 0.25) is 0 Å². The number of carboxylic acid groups (broad SMARTS) is 1. The number of nitrogens with two attached hydrogens (primary N) is 1. The summed E-state index contributed by atoms with van der Waals surface area (Å²) in [6.45, 7) is 0.152. The Kier molecular flexibility index (Phi) is 4.49. The predicted octanol–water partition coefficient (Wildman–Crippen LogP) is 2.74. The molecule has 3 N–H and O–H groups in total. The topological polar surface area (TPSA) is 72.5 Å². The van der Waals surface area contributed by atoms with E-state index in [0.717, 1.165) is 5.56 Å². The van der Waals surface area contributed by atoms with E-state index < -0.39 is 11.8 Å². The molecule has 0 bridgehead atoms. The minimum absolute atomic E-state index is 0.0645. The Morgan fingerprint density at radius 2 is 1.90 bits per heavy atom. The van der Waals surface area contributed by atoms with Gasteiger partial charge in [0, 0.05) is 0 Å². The van der Waals surface area contributed by atoms with Gasteiger partial charge in [-0.3, -0.25) is 0 Å². The summed E-state index contributed by atoms with van der Waals surface area (Å²) in [7, 11) is 0. The van der Waals surface area contributed by atoms with Crippen molar-refractivity contribution in [2.24, 2.45) is 5.73 Å². The second kappa shape index (κ2) is 6.32. The van der Waals surface area contributed by atoms with E-state index in [-0.39, 0.29) is 28.5 Å². The third-order valence-electron chi connectivity index (χ3n) is 2.82. The molecule has 0 fully saturated rings. The highest BCUT2D eigenvalue weighted by Gasteiger charge is 2.12. The fourth-order valence-electron chi connectivity index (χ4n) is 1.77. The van der Waals surface area contributed by atoms with Crippen molar-refractivity contribution < 1.29 is 19.0 Å². The summed E-state index contributed by atoms with van der Waals surface area (Å²) in [5, 5.41) is 8.81. The SMILES string of the molecule is NC(=S)c1c(F)cccc1OCc1ccc(C(=O)O)cc1. The molecule has 0 amide bonds. The van der Waals surface area contributed by atoms with Crippen LogP contribution in [0.1, 0.15) is 21.5 Å². The first-order valence-electron chi connectivity index (χ1n) is 6.02. The molecular weight excluding hydrogens is 293 g/mol. The molecule has 4 nitrogen and oxygen atoms in total. The number of aromatic carboxylic acids is 1. The molecule has 108 valence electrons. The van der Waals surface area contributed by atoms with Crippen LogP contribution in [0, 0.1) is 5.82 Å². The molecule has 0 heterocycles. The molecule has 0 atom stereocenters. The number of benzene rings is 2. The summed E-state index contributed by atoms with van der Waals surface area (Å²) in [4.78, 5) is 10.7. The maximum Gasteiger partial charge on any atom is 0.335 e. The van der Waals surface area contributed by atoms with Crippen LogP contribution in [0.5, 0.6) is 5.75 Å². The molecule has 0 saturated heterocycles. The molecule has 0 unspecified atom stereocenters. The van der Waals surface area contributed by atoms with Gasteiger partial charge in [0.15, 0.2) is 0 Å². The van der Waals surface area contributed by atoms with Gasteiger partial charge in [0.1, 0.15) is 23.2 Å². The second-order valence-electron chi connectivity index (χ2n) is 4.27. The van der Waals surface area contributed by atoms with Gasteiger partial charge in [0.25, 0.3) is 0 Å². The number of hydrogen-bond acceptors (Lipinski definition) is 3. The summed E-state index contributed by atoms with van der Waals surface area (Å²) < 4.78 is 19.2. The summed E-state index contributed by atoms with van der Waals surface area (Å²) in [5.74, 6) is -1.28. The average Bonchev–Trinajstić information content (AvgIpc) is 2.45. The monoisotopic (exact) mass is 305 g/mol. The van der Waals surface area contributed by atoms with Crippen molar-refractivity contribution in [2.45, 2.75) is 6.61 Å². The molecule has 0 saturated carbocycles. The van der Waals surface area contributed by atoms with E-state index in [1.54, 1.807) is 18.2 Å². The van der Waals surface area contributed by atoms with Gasteiger partial charge in [-0.2, -0.15) is 0 Å². The largest absolute Gasteiger partial charge is 0.488 e. The maximum absolute atomic E-state index is 13.7. The smallest absolute Gasteiger partial charge is 0.335 e. The molecule has 0 aromatic heterocycles. The summed E-state index contributed by atoms with van der Waals surface area (Å²) in [6, 6.07) is 10.5. The third kappa shape index (κ3) is 3.55. The zero-order chi connectivity index (χ0) is 15.4. The van der Waals surface area contributed by atoms with Gasteiger partial charge in [-0.05, 0) is 29.8 Å². The van der Waals surface area contributed by atoms with Crippen molar-refractivity contribution in [3.8, 4) is 5.75 Å². The lowest BCUT2D eigenvalue weighted by atomic mass is 10.1. The third-order valence-corrected chi connectivity index (χ3v) is 3.02. The molecule has 0 aliphatic heterocycles. The van der Waals surface area contributed by atoms with Crippen LogP contribution >= 0.6 is 12.2 Å². The van der Waals surface area contributed by atoms with E-state index in [9.17, 15) is 9.18 Å². The van der Waals surface area contributed by atoms with Crippen LogP contribution in [-0.4, -0.2) is 16.1 Å². The highest BCUT2D eigenvalue weighted by molar-refractivity contribution is 7.80. The molecule has 0 aliphatic rings. The van der Waals surface area contributed by atoms with Crippen molar-refractivity contribution >= 4 is 23.2 Å². The van der Waals surface area contributed by atoms with E-state index in [2.05, 4.69) is 0 Å². The molecule has 0 aliphatic carbocycles. The number of thiocarbonyl (C=S) groups is 1. The van der Waals surface area contributed by atoms with E-state index in [4.69, 9.17) is 27.8 Å². The van der Waals surface area contributed by atoms with E-state index in [0.29, 0.717) is 0 Å². The quantitative estimate of drug-likeness (QED) is 0.831. The Morgan fingerprint density at radius 1 is 1.24 bits per heavy atom. The number of carboxylic acids is 1. The lowest BCUT2D eigenvalue weighted by Crippen LogP contribution is -2.14. The molecule has 2 aromatic rings. The van der Waals surface area contributed by atoms with Gasteiger partial charge >= 0.3 is 5.97 Å². The van der Waals surface area contributed by atoms with Crippen LogP contribution in [0.3, 0.4) is 0 Å². The van der Waals surface area contributed by atoms with Crippen LogP contribution < -0.4 is 10.5 Å². The van der Waals surface area contributed by atoms with Gasteiger partial charge < -0.3 is 15.6 Å². The minimum Gasteiger partial charge on any atom is -0.488 e. The van der Waals surface area contributed by atoms with E-state index >= 15 is 0 Å². The normalized spacial score (nSPS) is 10.1. The summed E-state index contributed by atoms with van der Waals surface area (Å²) >= 11 is 4.81. The van der Waals surface area contributed by atoms with Crippen molar-refractivity contribution in [1.29, 1.82) is 0 Å². The van der Waals surface area contributed by atoms with Crippen LogP contribution in [-0.2, 0) is 6.61 Å². The second-order valence-corrected chi connectivity index (χ2v) is 4.71. The molecular formula is C15H12FNO3S. The lowest BCUT2D eigenvalue weighted by molar-refractivity contribution is 0.0697. The average molecular weight is 305 g/mol. The number of halogens is 1. The van der Waals surface area contributed by atoms with E-state index in [1.165, 1.54) is 24.3 Å². The number of rotatable bonds is 5. The van der Waals surface area contributed by atoms with Crippen LogP contribution in [0.15, 0.2) is 42.5 Å².